The van der Waals surface area contributed by atoms with Gasteiger partial charge in [-0.25, -0.2) is 0 Å². The summed E-state index contributed by atoms with van der Waals surface area (Å²) >= 11 is 7.21. The van der Waals surface area contributed by atoms with E-state index in [1.165, 1.54) is 0 Å². The molecule has 0 spiro atoms. The first-order valence-corrected chi connectivity index (χ1v) is 6.45. The molecule has 7 heteroatoms. The van der Waals surface area contributed by atoms with Gasteiger partial charge in [0.2, 0.25) is 0 Å². The number of carbonyl (C=O) groups is 1. The number of nitrogens with zero attached hydrogens (tertiary/aromatic N) is 3. The van der Waals surface area contributed by atoms with E-state index >= 15 is 0 Å². The van der Waals surface area contributed by atoms with Gasteiger partial charge in [0.1, 0.15) is 0 Å². The molecule has 0 aliphatic rings. The van der Waals surface area contributed by atoms with Gasteiger partial charge in [-0.1, -0.05) is 35.5 Å². The number of carboxylic acids is 1. The van der Waals surface area contributed by atoms with Crippen molar-refractivity contribution in [3.63, 3.8) is 0 Å². The molecule has 0 amide bonds. The molecule has 1 heterocycles. The Balaban J connectivity index is 2.31. The van der Waals surface area contributed by atoms with E-state index in [0.29, 0.717) is 16.0 Å². The van der Waals surface area contributed by atoms with E-state index in [0.717, 1.165) is 17.3 Å². The summed E-state index contributed by atoms with van der Waals surface area (Å²) in [5, 5.41) is 17.8. The van der Waals surface area contributed by atoms with E-state index < -0.39 is 5.97 Å². The molecule has 0 atom stereocenters. The summed E-state index contributed by atoms with van der Waals surface area (Å²) in [4.78, 5) is 10.5. The highest BCUT2D eigenvalue weighted by Gasteiger charge is 2.14. The zero-order valence-electron chi connectivity index (χ0n) is 9.50. The molecule has 2 aromatic rings. The lowest BCUT2D eigenvalue weighted by molar-refractivity contribution is -0.133. The molecule has 5 nitrogen and oxygen atoms in total. The van der Waals surface area contributed by atoms with Crippen molar-refractivity contribution in [1.82, 2.24) is 14.8 Å². The van der Waals surface area contributed by atoms with Gasteiger partial charge in [-0.3, -0.25) is 4.79 Å². The van der Waals surface area contributed by atoms with Crippen LogP contribution in [-0.4, -0.2) is 31.6 Å². The lowest BCUT2D eigenvalue weighted by Crippen LogP contribution is -2.01. The fourth-order valence-electron chi connectivity index (χ4n) is 1.44. The highest BCUT2D eigenvalue weighted by Crippen LogP contribution is 2.28. The number of benzene rings is 1. The number of aliphatic carboxylic acids is 1. The topological polar surface area (TPSA) is 68.0 Å². The Morgan fingerprint density at radius 1 is 1.44 bits per heavy atom. The molecule has 0 aliphatic heterocycles. The Kier molecular flexibility index (Phi) is 3.88. The lowest BCUT2D eigenvalue weighted by atomic mass is 10.2. The SMILES string of the molecule is Cn1c(SCC(=O)O)nnc1-c1ccccc1Cl. The quantitative estimate of drug-likeness (QED) is 0.872. The number of hydrogen-bond acceptors (Lipinski definition) is 4. The van der Waals surface area contributed by atoms with Crippen LogP contribution in [-0.2, 0) is 11.8 Å². The van der Waals surface area contributed by atoms with Gasteiger partial charge in [0.25, 0.3) is 0 Å². The molecule has 0 saturated carbocycles. The second-order valence-electron chi connectivity index (χ2n) is 3.53. The average molecular weight is 284 g/mol. The zero-order chi connectivity index (χ0) is 13.1. The van der Waals surface area contributed by atoms with Gasteiger partial charge < -0.3 is 9.67 Å². The molecule has 1 aromatic carbocycles. The van der Waals surface area contributed by atoms with Crippen molar-refractivity contribution in [2.75, 3.05) is 5.75 Å². The first-order chi connectivity index (χ1) is 8.59. The minimum absolute atomic E-state index is 0.0471. The smallest absolute Gasteiger partial charge is 0.313 e. The Labute approximate surface area is 113 Å². The van der Waals surface area contributed by atoms with E-state index in [9.17, 15) is 4.79 Å². The fraction of sp³-hybridized carbons (Fsp3) is 0.182. The van der Waals surface area contributed by atoms with E-state index in [1.807, 2.05) is 18.2 Å². The summed E-state index contributed by atoms with van der Waals surface area (Å²) in [5.41, 5.74) is 0.774. The van der Waals surface area contributed by atoms with Crippen LogP contribution in [0.1, 0.15) is 0 Å². The monoisotopic (exact) mass is 283 g/mol. The number of carboxylic acid groups (broad SMARTS) is 1. The van der Waals surface area contributed by atoms with Gasteiger partial charge >= 0.3 is 5.97 Å². The minimum atomic E-state index is -0.887. The summed E-state index contributed by atoms with van der Waals surface area (Å²) in [6.45, 7) is 0. The summed E-state index contributed by atoms with van der Waals surface area (Å²) in [6.07, 6.45) is 0. The molecule has 18 heavy (non-hydrogen) atoms. The Bertz CT molecular complexity index is 585. The molecule has 0 bridgehead atoms. The fourth-order valence-corrected chi connectivity index (χ4v) is 2.30. The van der Waals surface area contributed by atoms with Crippen LogP contribution in [0, 0.1) is 0 Å². The molecular formula is C11H10ClN3O2S. The van der Waals surface area contributed by atoms with Crippen LogP contribution in [0.2, 0.25) is 5.02 Å². The van der Waals surface area contributed by atoms with Gasteiger partial charge in [-0.2, -0.15) is 0 Å². The molecule has 0 saturated heterocycles. The van der Waals surface area contributed by atoms with Crippen LogP contribution in [0.3, 0.4) is 0 Å². The van der Waals surface area contributed by atoms with Crippen molar-refractivity contribution >= 4 is 29.3 Å². The normalized spacial score (nSPS) is 10.6. The zero-order valence-corrected chi connectivity index (χ0v) is 11.1. The molecule has 0 radical (unpaired) electrons. The largest absolute Gasteiger partial charge is 0.481 e. The second kappa shape index (κ2) is 5.41. The maximum atomic E-state index is 10.5. The maximum absolute atomic E-state index is 10.5. The highest BCUT2D eigenvalue weighted by molar-refractivity contribution is 7.99. The van der Waals surface area contributed by atoms with Crippen LogP contribution < -0.4 is 0 Å². The lowest BCUT2D eigenvalue weighted by Gasteiger charge is -2.04. The average Bonchev–Trinajstić information content (AvgIpc) is 2.69. The summed E-state index contributed by atoms with van der Waals surface area (Å²) in [5.74, 6) is -0.315. The number of rotatable bonds is 4. The van der Waals surface area contributed by atoms with Crippen LogP contribution in [0.5, 0.6) is 0 Å². The third kappa shape index (κ3) is 2.65. The van der Waals surface area contributed by atoms with Crippen LogP contribution >= 0.6 is 23.4 Å². The Morgan fingerprint density at radius 2 is 2.17 bits per heavy atom. The summed E-state index contributed by atoms with van der Waals surface area (Å²) in [6, 6.07) is 7.32. The van der Waals surface area contributed by atoms with Crippen LogP contribution in [0.25, 0.3) is 11.4 Å². The molecule has 1 N–H and O–H groups in total. The molecular weight excluding hydrogens is 274 g/mol. The standard InChI is InChI=1S/C11H10ClN3O2S/c1-15-10(7-4-2-3-5-8(7)12)13-14-11(15)18-6-9(16)17/h2-5H,6H2,1H3,(H,16,17). The minimum Gasteiger partial charge on any atom is -0.481 e. The molecule has 1 aromatic heterocycles. The third-order valence-corrected chi connectivity index (χ3v) is 3.61. The molecule has 0 fully saturated rings. The van der Waals surface area contributed by atoms with Crippen molar-refractivity contribution in [3.8, 4) is 11.4 Å². The predicted molar refractivity (Wildman–Crippen MR) is 69.8 cm³/mol. The Morgan fingerprint density at radius 3 is 2.83 bits per heavy atom. The van der Waals surface area contributed by atoms with Gasteiger partial charge in [0, 0.05) is 12.6 Å². The van der Waals surface area contributed by atoms with Gasteiger partial charge in [0.05, 0.1) is 10.8 Å². The van der Waals surface area contributed by atoms with Crippen molar-refractivity contribution in [2.45, 2.75) is 5.16 Å². The molecule has 0 unspecified atom stereocenters. The first-order valence-electron chi connectivity index (χ1n) is 5.08. The number of thioether (sulfide) groups is 1. The van der Waals surface area contributed by atoms with Crippen molar-refractivity contribution < 1.29 is 9.90 Å². The van der Waals surface area contributed by atoms with E-state index in [1.54, 1.807) is 17.7 Å². The van der Waals surface area contributed by atoms with Gasteiger partial charge in [0.15, 0.2) is 11.0 Å². The summed E-state index contributed by atoms with van der Waals surface area (Å²) in [7, 11) is 1.78. The molecule has 2 rings (SSSR count). The maximum Gasteiger partial charge on any atom is 0.313 e. The highest BCUT2D eigenvalue weighted by atomic mass is 35.5. The number of aromatic nitrogens is 3. The first kappa shape index (κ1) is 12.9. The van der Waals surface area contributed by atoms with Crippen molar-refractivity contribution in [1.29, 1.82) is 0 Å². The van der Waals surface area contributed by atoms with Crippen LogP contribution in [0.15, 0.2) is 29.4 Å². The molecule has 94 valence electrons. The second-order valence-corrected chi connectivity index (χ2v) is 4.88. The van der Waals surface area contributed by atoms with E-state index in [2.05, 4.69) is 10.2 Å². The van der Waals surface area contributed by atoms with Gasteiger partial charge in [-0.15, -0.1) is 10.2 Å². The van der Waals surface area contributed by atoms with Gasteiger partial charge in [-0.05, 0) is 12.1 Å². The van der Waals surface area contributed by atoms with Crippen LogP contribution in [0.4, 0.5) is 0 Å². The summed E-state index contributed by atoms with van der Waals surface area (Å²) < 4.78 is 1.73. The number of halogens is 1. The van der Waals surface area contributed by atoms with Crippen molar-refractivity contribution in [2.24, 2.45) is 7.05 Å². The third-order valence-electron chi connectivity index (χ3n) is 2.27. The van der Waals surface area contributed by atoms with E-state index in [4.69, 9.17) is 16.7 Å². The van der Waals surface area contributed by atoms with E-state index in [-0.39, 0.29) is 5.75 Å². The predicted octanol–water partition coefficient (Wildman–Crippen LogP) is 2.31. The molecule has 0 aliphatic carbocycles. The van der Waals surface area contributed by atoms with Crippen molar-refractivity contribution in [3.05, 3.63) is 29.3 Å². The Hall–Kier alpha value is -1.53. The number of hydrogen-bond donors (Lipinski definition) is 1.